The summed E-state index contributed by atoms with van der Waals surface area (Å²) in [6, 6.07) is 59.1. The molecule has 7 aromatic carbocycles. The average molecular weight is 759 g/mol. The van der Waals surface area contributed by atoms with Gasteiger partial charge in [0.05, 0.1) is 33.4 Å². The zero-order valence-electron chi connectivity index (χ0n) is 32.4. The lowest BCUT2D eigenvalue weighted by Gasteiger charge is -2.42. The Bertz CT molecular complexity index is 3360. The van der Waals surface area contributed by atoms with E-state index in [-0.39, 0.29) is 5.41 Å². The molecule has 1 aliphatic carbocycles. The third kappa shape index (κ3) is 4.61. The zero-order chi connectivity index (χ0) is 38.7. The van der Waals surface area contributed by atoms with E-state index in [0.29, 0.717) is 0 Å². The maximum absolute atomic E-state index is 6.80. The number of hydrogen-bond acceptors (Lipinski definition) is 2. The fourth-order valence-corrected chi connectivity index (χ4v) is 10.9. The van der Waals surface area contributed by atoms with Gasteiger partial charge in [0.1, 0.15) is 17.3 Å². The summed E-state index contributed by atoms with van der Waals surface area (Å²) in [4.78, 5) is 5.09. The number of benzene rings is 7. The molecule has 1 fully saturated rings. The third-order valence-electron chi connectivity index (χ3n) is 13.4. The fraction of sp³-hybridized carbons (Fsp3) is 0.111. The van der Waals surface area contributed by atoms with Crippen molar-refractivity contribution < 1.29 is 9.30 Å². The minimum absolute atomic E-state index is 0.0109. The van der Waals surface area contributed by atoms with Gasteiger partial charge in [-0.05, 0) is 94.3 Å². The summed E-state index contributed by atoms with van der Waals surface area (Å²) in [7, 11) is 0. The number of ether oxygens (including phenoxy) is 1. The summed E-state index contributed by atoms with van der Waals surface area (Å²) in [5.41, 5.74) is 16.6. The van der Waals surface area contributed by atoms with Crippen LogP contribution in [0.4, 0.5) is 0 Å². The monoisotopic (exact) mass is 758 g/mol. The van der Waals surface area contributed by atoms with Crippen LogP contribution in [0, 0.1) is 6.33 Å². The molecule has 3 aromatic heterocycles. The summed E-state index contributed by atoms with van der Waals surface area (Å²) in [6.07, 6.45) is 11.9. The summed E-state index contributed by atoms with van der Waals surface area (Å²) in [5.74, 6) is 2.61. The van der Waals surface area contributed by atoms with Gasteiger partial charge in [-0.2, -0.15) is 0 Å². The Hall–Kier alpha value is -7.24. The van der Waals surface area contributed by atoms with Crippen LogP contribution in [0.1, 0.15) is 43.2 Å². The highest BCUT2D eigenvalue weighted by Crippen LogP contribution is 2.53. The van der Waals surface area contributed by atoms with Crippen molar-refractivity contribution in [2.24, 2.45) is 0 Å². The third-order valence-corrected chi connectivity index (χ3v) is 13.4. The first-order valence-electron chi connectivity index (χ1n) is 20.8. The molecular weight excluding hydrogens is 721 g/mol. The number of nitrogens with zero attached hydrogens (tertiary/aromatic N) is 4. The SMILES string of the molecule is [c-]1n(-c2cccc(Oc3ccc4c5cccc6c5n(c4c3)-c3ncccc3C63CCCCC3)c2)c2cccc3c2[n+]1-c1ccccc1-c1ccccc1-c1ccccc1-3. The van der Waals surface area contributed by atoms with E-state index in [4.69, 9.17) is 9.72 Å². The van der Waals surface area contributed by atoms with E-state index in [1.165, 1.54) is 87.3 Å². The lowest BCUT2D eigenvalue weighted by atomic mass is 9.64. The van der Waals surface area contributed by atoms with E-state index in [2.05, 4.69) is 178 Å². The number of pyridine rings is 1. The Balaban J connectivity index is 0.958. The number of fused-ring (bicyclic) bond motifs is 14. The Labute approximate surface area is 342 Å². The molecule has 1 spiro atoms. The molecule has 13 rings (SSSR count). The first kappa shape index (κ1) is 32.8. The second kappa shape index (κ2) is 12.4. The first-order chi connectivity index (χ1) is 29.2. The zero-order valence-corrected chi connectivity index (χ0v) is 32.4. The second-order valence-electron chi connectivity index (χ2n) is 16.4. The van der Waals surface area contributed by atoms with E-state index in [9.17, 15) is 0 Å². The van der Waals surface area contributed by atoms with Gasteiger partial charge in [-0.15, -0.1) is 0 Å². The number of aromatic nitrogens is 4. The molecule has 0 N–H and O–H groups in total. The number of hydrogen-bond donors (Lipinski definition) is 0. The summed E-state index contributed by atoms with van der Waals surface area (Å²) < 4.78 is 13.6. The molecule has 5 heteroatoms. The highest BCUT2D eigenvalue weighted by atomic mass is 16.5. The molecule has 0 atom stereocenters. The standard InChI is InChI=1S/C54H38N4O/c1-8-29-54(30-9-1)46-23-11-21-45-43-28-27-37(33-50(43)58(51(45)46)53-47(54)24-13-31-55-53)59-36-15-10-14-35(32-36)56-34-57-48-25-7-6-20-42(48)40-18-4-2-16-38(40)39-17-3-5-19-41(39)44-22-12-26-49(56)52(44)57/h2-7,10-28,31-33H,1,8-9,29-30H2. The van der Waals surface area contributed by atoms with Gasteiger partial charge in [-0.3, -0.25) is 13.7 Å². The van der Waals surface area contributed by atoms with E-state index in [1.54, 1.807) is 0 Å². The van der Waals surface area contributed by atoms with Crippen LogP contribution in [0.2, 0.25) is 0 Å². The number of rotatable bonds is 3. The molecule has 0 unspecified atom stereocenters. The topological polar surface area (TPSA) is 35.9 Å². The number of imidazole rings is 1. The fourth-order valence-electron chi connectivity index (χ4n) is 10.9. The molecule has 59 heavy (non-hydrogen) atoms. The molecule has 280 valence electrons. The lowest BCUT2D eigenvalue weighted by molar-refractivity contribution is -0.571. The van der Waals surface area contributed by atoms with Gasteiger partial charge in [0, 0.05) is 34.0 Å². The summed E-state index contributed by atoms with van der Waals surface area (Å²) in [5, 5.41) is 2.50. The Morgan fingerprint density at radius 1 is 0.542 bits per heavy atom. The van der Waals surface area contributed by atoms with Crippen molar-refractivity contribution in [3.63, 3.8) is 0 Å². The van der Waals surface area contributed by atoms with Gasteiger partial charge in [0.25, 0.3) is 6.33 Å². The van der Waals surface area contributed by atoms with Gasteiger partial charge >= 0.3 is 0 Å². The van der Waals surface area contributed by atoms with Gasteiger partial charge < -0.3 is 4.74 Å². The molecule has 0 saturated heterocycles. The Kier molecular flexibility index (Phi) is 6.88. The Morgan fingerprint density at radius 3 is 2.05 bits per heavy atom. The molecule has 0 bridgehead atoms. The van der Waals surface area contributed by atoms with Crippen LogP contribution in [0.3, 0.4) is 0 Å². The minimum atomic E-state index is 0.0109. The molecule has 2 aliphatic heterocycles. The Morgan fingerprint density at radius 2 is 1.22 bits per heavy atom. The van der Waals surface area contributed by atoms with Gasteiger partial charge in [0.15, 0.2) is 0 Å². The maximum atomic E-state index is 6.80. The molecular formula is C54H38N4O. The van der Waals surface area contributed by atoms with Gasteiger partial charge in [-0.1, -0.05) is 135 Å². The number of para-hydroxylation sites is 3. The molecule has 3 aliphatic rings. The highest BCUT2D eigenvalue weighted by Gasteiger charge is 2.43. The predicted octanol–water partition coefficient (Wildman–Crippen LogP) is 12.9. The van der Waals surface area contributed by atoms with Crippen molar-refractivity contribution in [3.8, 4) is 62.1 Å². The smallest absolute Gasteiger partial charge is 0.269 e. The lowest BCUT2D eigenvalue weighted by Crippen LogP contribution is -2.35. The van der Waals surface area contributed by atoms with Gasteiger partial charge in [-0.25, -0.2) is 4.98 Å². The van der Waals surface area contributed by atoms with Crippen molar-refractivity contribution in [2.75, 3.05) is 0 Å². The molecule has 0 radical (unpaired) electrons. The summed E-state index contributed by atoms with van der Waals surface area (Å²) in [6.45, 7) is 0. The van der Waals surface area contributed by atoms with Crippen LogP contribution < -0.4 is 9.30 Å². The van der Waals surface area contributed by atoms with E-state index in [0.717, 1.165) is 50.8 Å². The van der Waals surface area contributed by atoms with Crippen LogP contribution in [0.15, 0.2) is 170 Å². The van der Waals surface area contributed by atoms with Crippen molar-refractivity contribution in [2.45, 2.75) is 37.5 Å². The van der Waals surface area contributed by atoms with Crippen LogP contribution >= 0.6 is 0 Å². The van der Waals surface area contributed by atoms with E-state index < -0.39 is 0 Å². The second-order valence-corrected chi connectivity index (χ2v) is 16.4. The van der Waals surface area contributed by atoms with Crippen molar-refractivity contribution >= 4 is 32.8 Å². The van der Waals surface area contributed by atoms with Crippen LogP contribution in [0.5, 0.6) is 11.5 Å². The molecule has 5 heterocycles. The average Bonchev–Trinajstić information content (AvgIpc) is 3.86. The first-order valence-corrected chi connectivity index (χ1v) is 20.8. The minimum Gasteiger partial charge on any atom is -0.458 e. The van der Waals surface area contributed by atoms with E-state index in [1.807, 2.05) is 12.3 Å². The van der Waals surface area contributed by atoms with Crippen LogP contribution in [-0.4, -0.2) is 14.1 Å². The molecule has 10 aromatic rings. The molecule has 1 saturated carbocycles. The van der Waals surface area contributed by atoms with Crippen LogP contribution in [0.25, 0.3) is 83.4 Å². The van der Waals surface area contributed by atoms with Crippen LogP contribution in [-0.2, 0) is 5.41 Å². The van der Waals surface area contributed by atoms with Gasteiger partial charge in [0.2, 0.25) is 0 Å². The normalized spacial score (nSPS) is 14.6. The predicted molar refractivity (Wildman–Crippen MR) is 236 cm³/mol. The molecule has 5 nitrogen and oxygen atoms in total. The molecule has 0 amide bonds. The van der Waals surface area contributed by atoms with Crippen molar-refractivity contribution in [1.82, 2.24) is 14.1 Å². The quantitative estimate of drug-likeness (QED) is 0.133. The van der Waals surface area contributed by atoms with Crippen molar-refractivity contribution in [1.29, 1.82) is 0 Å². The van der Waals surface area contributed by atoms with Crippen molar-refractivity contribution in [3.05, 3.63) is 187 Å². The highest BCUT2D eigenvalue weighted by molar-refractivity contribution is 6.12. The largest absolute Gasteiger partial charge is 0.458 e. The maximum Gasteiger partial charge on any atom is 0.269 e. The summed E-state index contributed by atoms with van der Waals surface area (Å²) >= 11 is 0. The van der Waals surface area contributed by atoms with E-state index >= 15 is 0 Å².